The van der Waals surface area contributed by atoms with Gasteiger partial charge in [-0.15, -0.1) is 0 Å². The molecule has 0 saturated carbocycles. The van der Waals surface area contributed by atoms with Crippen LogP contribution in [0.3, 0.4) is 0 Å². The third-order valence-electron chi connectivity index (χ3n) is 8.40. The first-order valence-electron chi connectivity index (χ1n) is 16.4. The number of carbonyl (C=O) groups is 1. The lowest BCUT2D eigenvalue weighted by atomic mass is 9.97. The van der Waals surface area contributed by atoms with Gasteiger partial charge >= 0.3 is 12.2 Å². The quantitative estimate of drug-likeness (QED) is 0.247. The number of nitrogens with zero attached hydrogens (tertiary/aromatic N) is 4. The molecule has 3 heterocycles. The third kappa shape index (κ3) is 10.8. The second kappa shape index (κ2) is 18.2. The van der Waals surface area contributed by atoms with Crippen LogP contribution in [-0.2, 0) is 6.18 Å². The fourth-order valence-corrected chi connectivity index (χ4v) is 6.19. The number of phenols is 1. The van der Waals surface area contributed by atoms with E-state index >= 15 is 0 Å². The molecule has 3 fully saturated rings. The van der Waals surface area contributed by atoms with E-state index in [0.29, 0.717) is 49.0 Å². The lowest BCUT2D eigenvalue weighted by Gasteiger charge is -2.43. The molecule has 3 N–H and O–H groups in total. The van der Waals surface area contributed by atoms with Crippen LogP contribution in [0.25, 0.3) is 0 Å². The number of piperidine rings is 3. The van der Waals surface area contributed by atoms with Gasteiger partial charge < -0.3 is 25.3 Å². The van der Waals surface area contributed by atoms with Gasteiger partial charge in [0.15, 0.2) is 0 Å². The van der Waals surface area contributed by atoms with Gasteiger partial charge in [-0.3, -0.25) is 9.89 Å². The van der Waals surface area contributed by atoms with Crippen molar-refractivity contribution >= 4 is 11.7 Å². The van der Waals surface area contributed by atoms with E-state index in [-0.39, 0.29) is 23.7 Å². The summed E-state index contributed by atoms with van der Waals surface area (Å²) in [5.41, 5.74) is 1.06. The number of aliphatic hydroxyl groups excluding tert-OH is 1. The number of allylic oxidation sites excluding steroid dienone is 2. The van der Waals surface area contributed by atoms with Gasteiger partial charge in [-0.05, 0) is 81.8 Å². The predicted octanol–water partition coefficient (Wildman–Crippen LogP) is 6.44. The van der Waals surface area contributed by atoms with Crippen LogP contribution < -0.4 is 5.32 Å². The number of hydrogen-bond donors (Lipinski definition) is 3. The molecule has 3 aliphatic rings. The van der Waals surface area contributed by atoms with Crippen molar-refractivity contribution in [1.29, 1.82) is 0 Å². The number of amides is 2. The molecular formula is C34H54F3N5O3. The number of carbonyl (C=O) groups excluding carboxylic acids is 1. The minimum atomic E-state index is -4.54. The lowest BCUT2D eigenvalue weighted by molar-refractivity contribution is -0.137. The van der Waals surface area contributed by atoms with E-state index < -0.39 is 17.5 Å². The zero-order valence-electron chi connectivity index (χ0n) is 28.0. The summed E-state index contributed by atoms with van der Waals surface area (Å²) in [6.45, 7) is 18.5. The number of benzene rings is 1. The molecule has 0 aliphatic carbocycles. The second-order valence-corrected chi connectivity index (χ2v) is 11.4. The smallest absolute Gasteiger partial charge is 0.416 e. The van der Waals surface area contributed by atoms with Crippen LogP contribution in [0.15, 0.2) is 47.1 Å². The Kier molecular flexibility index (Phi) is 15.4. The summed E-state index contributed by atoms with van der Waals surface area (Å²) in [5.74, 6) is -0.475. The molecule has 0 spiro atoms. The Balaban J connectivity index is 0.00000169. The van der Waals surface area contributed by atoms with Crippen molar-refractivity contribution in [3.63, 3.8) is 0 Å². The number of urea groups is 1. The van der Waals surface area contributed by atoms with Gasteiger partial charge in [0.2, 0.25) is 0 Å². The van der Waals surface area contributed by atoms with Crippen LogP contribution in [0.5, 0.6) is 5.75 Å². The number of likely N-dealkylation sites (tertiary alicyclic amines) is 3. The minimum absolute atomic E-state index is 0.0894. The third-order valence-corrected chi connectivity index (χ3v) is 8.40. The van der Waals surface area contributed by atoms with E-state index in [1.54, 1.807) is 6.92 Å². The first-order valence-corrected chi connectivity index (χ1v) is 16.4. The van der Waals surface area contributed by atoms with E-state index in [0.717, 1.165) is 64.0 Å². The van der Waals surface area contributed by atoms with Crippen LogP contribution in [0, 0.1) is 0 Å². The van der Waals surface area contributed by atoms with Crippen LogP contribution >= 0.6 is 0 Å². The number of aliphatic hydroxyl groups is 1. The van der Waals surface area contributed by atoms with Gasteiger partial charge in [-0.2, -0.15) is 13.2 Å². The van der Waals surface area contributed by atoms with Crippen molar-refractivity contribution in [3.05, 3.63) is 53.3 Å². The largest absolute Gasteiger partial charge is 0.507 e. The average Bonchev–Trinajstić information content (AvgIpc) is 3.03. The molecular weight excluding hydrogens is 583 g/mol. The zero-order valence-corrected chi connectivity index (χ0v) is 28.0. The summed E-state index contributed by atoms with van der Waals surface area (Å²) in [7, 11) is 1.54. The second-order valence-electron chi connectivity index (χ2n) is 11.4. The predicted molar refractivity (Wildman–Crippen MR) is 176 cm³/mol. The maximum absolute atomic E-state index is 13.0. The number of aliphatic imine (C=N–C) groups is 1. The standard InChI is InChI=1S/C30H42F3N5O3.2C2H6/c1-20(28(34-3)26-7-6-22(18-27(26)40)30(31,32)33)17-21(2)35-23-5-4-12-38(19-23)24-8-13-36(14-9-24)29(41)37-15-10-25(39)11-16-37;2*1-2/h6-7,17-18,23-25,35,39-40H,2,4-5,8-16,19H2,1,3H3;2*1-2H3/b20-17-,34-28?;;. The number of halogens is 3. The molecule has 1 aromatic rings. The molecule has 8 nitrogen and oxygen atoms in total. The maximum atomic E-state index is 13.0. The molecule has 0 aromatic heterocycles. The highest BCUT2D eigenvalue weighted by molar-refractivity contribution is 6.14. The highest BCUT2D eigenvalue weighted by Crippen LogP contribution is 2.33. The molecule has 1 aromatic carbocycles. The maximum Gasteiger partial charge on any atom is 0.416 e. The molecule has 2 amide bonds. The normalized spacial score (nSPS) is 20.9. The van der Waals surface area contributed by atoms with Crippen LogP contribution in [0.2, 0.25) is 0 Å². The monoisotopic (exact) mass is 637 g/mol. The molecule has 3 saturated heterocycles. The van der Waals surface area contributed by atoms with E-state index in [2.05, 4.69) is 21.8 Å². The Labute approximate surface area is 267 Å². The number of hydrogen-bond acceptors (Lipinski definition) is 6. The molecule has 1 unspecified atom stereocenters. The Morgan fingerprint density at radius 3 is 2.11 bits per heavy atom. The Morgan fingerprint density at radius 1 is 1.00 bits per heavy atom. The van der Waals surface area contributed by atoms with E-state index in [4.69, 9.17) is 0 Å². The van der Waals surface area contributed by atoms with Crippen molar-refractivity contribution in [2.45, 2.75) is 97.5 Å². The summed E-state index contributed by atoms with van der Waals surface area (Å²) < 4.78 is 39.0. The summed E-state index contributed by atoms with van der Waals surface area (Å²) in [6.07, 6.45) is 2.17. The van der Waals surface area contributed by atoms with Crippen molar-refractivity contribution < 1.29 is 28.2 Å². The van der Waals surface area contributed by atoms with Crippen LogP contribution in [0.1, 0.15) is 84.3 Å². The molecule has 11 heteroatoms. The SMILES string of the molecule is C=C(/C=C(/C)C(=NC)c1ccc(C(F)(F)F)cc1O)NC1CCCN(C2CCN(C(=O)N3CCC(O)CC3)CC2)C1.CC.CC. The summed E-state index contributed by atoms with van der Waals surface area (Å²) in [6, 6.07) is 3.60. The number of phenolic OH excluding ortho intramolecular Hbond substituents is 1. The first-order chi connectivity index (χ1) is 21.5. The molecule has 254 valence electrons. The highest BCUT2D eigenvalue weighted by Gasteiger charge is 2.33. The van der Waals surface area contributed by atoms with Crippen molar-refractivity contribution in [2.75, 3.05) is 46.3 Å². The van der Waals surface area contributed by atoms with Gasteiger partial charge in [-0.25, -0.2) is 4.79 Å². The summed E-state index contributed by atoms with van der Waals surface area (Å²) >= 11 is 0. The van der Waals surface area contributed by atoms with E-state index in [9.17, 15) is 28.2 Å². The van der Waals surface area contributed by atoms with Crippen LogP contribution in [0.4, 0.5) is 18.0 Å². The van der Waals surface area contributed by atoms with Gasteiger partial charge in [0.05, 0.1) is 17.4 Å². The Hall–Kier alpha value is -3.05. The van der Waals surface area contributed by atoms with Crippen LogP contribution in [-0.4, -0.2) is 101 Å². The topological polar surface area (TPSA) is 91.6 Å². The zero-order chi connectivity index (χ0) is 33.7. The van der Waals surface area contributed by atoms with Gasteiger partial charge in [0.25, 0.3) is 0 Å². The van der Waals surface area contributed by atoms with Gasteiger partial charge in [-0.1, -0.05) is 34.3 Å². The molecule has 4 rings (SSSR count). The lowest BCUT2D eigenvalue weighted by Crippen LogP contribution is -2.55. The molecule has 45 heavy (non-hydrogen) atoms. The molecule has 0 radical (unpaired) electrons. The van der Waals surface area contributed by atoms with Crippen molar-refractivity contribution in [1.82, 2.24) is 20.0 Å². The van der Waals surface area contributed by atoms with Gasteiger partial charge in [0, 0.05) is 63.1 Å². The molecule has 0 bridgehead atoms. The minimum Gasteiger partial charge on any atom is -0.507 e. The van der Waals surface area contributed by atoms with E-state index in [1.807, 2.05) is 43.6 Å². The Bertz CT molecular complexity index is 1150. The molecule has 1 atom stereocenters. The Morgan fingerprint density at radius 2 is 1.58 bits per heavy atom. The molecule has 3 aliphatic heterocycles. The summed E-state index contributed by atoms with van der Waals surface area (Å²) in [4.78, 5) is 23.4. The van der Waals surface area contributed by atoms with Crippen molar-refractivity contribution in [3.8, 4) is 5.75 Å². The fraction of sp³-hybridized carbons (Fsp3) is 0.647. The highest BCUT2D eigenvalue weighted by atomic mass is 19.4. The average molecular weight is 638 g/mol. The van der Waals surface area contributed by atoms with Gasteiger partial charge in [0.1, 0.15) is 5.75 Å². The number of nitrogens with one attached hydrogen (secondary N) is 1. The number of rotatable bonds is 6. The number of aromatic hydroxyl groups is 1. The fourth-order valence-electron chi connectivity index (χ4n) is 6.19. The first kappa shape index (κ1) is 38.1. The number of alkyl halides is 3. The summed E-state index contributed by atoms with van der Waals surface area (Å²) in [5, 5.41) is 23.5. The van der Waals surface area contributed by atoms with Crippen molar-refractivity contribution in [2.24, 2.45) is 4.99 Å². The van der Waals surface area contributed by atoms with E-state index in [1.165, 1.54) is 13.1 Å².